The fourth-order valence-electron chi connectivity index (χ4n) is 3.34. The zero-order chi connectivity index (χ0) is 19.7. The molecule has 7 nitrogen and oxygen atoms in total. The number of oxazole rings is 1. The average Bonchev–Trinajstić information content (AvgIpc) is 3.31. The summed E-state index contributed by atoms with van der Waals surface area (Å²) < 4.78 is 12.3. The second-order valence-corrected chi connectivity index (χ2v) is 8.43. The van der Waals surface area contributed by atoms with Gasteiger partial charge in [-0.2, -0.15) is 0 Å². The first-order valence-electron chi connectivity index (χ1n) is 9.47. The van der Waals surface area contributed by atoms with Gasteiger partial charge in [0.25, 0.3) is 5.91 Å². The number of rotatable bonds is 5. The van der Waals surface area contributed by atoms with E-state index < -0.39 is 0 Å². The molecule has 28 heavy (non-hydrogen) atoms. The number of hydrogen-bond acceptors (Lipinski definition) is 7. The molecule has 1 saturated heterocycles. The van der Waals surface area contributed by atoms with Crippen LogP contribution in [0, 0.1) is 6.92 Å². The lowest BCUT2D eigenvalue weighted by atomic mass is 10.2. The molecular weight excluding hydrogens is 376 g/mol. The lowest BCUT2D eigenvalue weighted by molar-refractivity contribution is 0.0590. The number of thiazole rings is 1. The van der Waals surface area contributed by atoms with E-state index in [-0.39, 0.29) is 12.5 Å². The summed E-state index contributed by atoms with van der Waals surface area (Å²) in [4.78, 5) is 25.6. The monoisotopic (exact) mass is 400 g/mol. The Bertz CT molecular complexity index is 973. The second kappa shape index (κ2) is 7.89. The molecule has 1 aromatic carbocycles. The van der Waals surface area contributed by atoms with E-state index in [1.807, 2.05) is 30.0 Å². The molecular formula is C20H24N4O3S. The van der Waals surface area contributed by atoms with E-state index in [0.717, 1.165) is 28.3 Å². The number of aromatic nitrogens is 2. The Labute approximate surface area is 167 Å². The van der Waals surface area contributed by atoms with Gasteiger partial charge in [0.05, 0.1) is 15.2 Å². The highest BCUT2D eigenvalue weighted by Crippen LogP contribution is 2.26. The summed E-state index contributed by atoms with van der Waals surface area (Å²) in [7, 11) is 0. The molecule has 4 rings (SSSR count). The zero-order valence-corrected chi connectivity index (χ0v) is 17.2. The van der Waals surface area contributed by atoms with Gasteiger partial charge in [-0.05, 0) is 32.9 Å². The van der Waals surface area contributed by atoms with E-state index in [0.29, 0.717) is 36.5 Å². The number of piperazine rings is 1. The summed E-state index contributed by atoms with van der Waals surface area (Å²) in [6, 6.07) is 6.31. The maximum Gasteiger partial charge on any atom is 0.275 e. The third-order valence-electron chi connectivity index (χ3n) is 4.93. The largest absolute Gasteiger partial charge is 0.484 e. The Morgan fingerprint density at radius 1 is 1.25 bits per heavy atom. The third-order valence-corrected chi connectivity index (χ3v) is 5.88. The highest BCUT2D eigenvalue weighted by Gasteiger charge is 2.25. The topological polar surface area (TPSA) is 71.7 Å². The average molecular weight is 401 g/mol. The molecule has 1 aliphatic rings. The van der Waals surface area contributed by atoms with Crippen LogP contribution in [0.1, 0.15) is 35.2 Å². The Kier molecular flexibility index (Phi) is 5.32. The zero-order valence-electron chi connectivity index (χ0n) is 16.3. The van der Waals surface area contributed by atoms with Crippen LogP contribution < -0.4 is 4.74 Å². The van der Waals surface area contributed by atoms with Crippen molar-refractivity contribution in [3.8, 4) is 5.75 Å². The number of fused-ring (bicyclic) bond motifs is 1. The van der Waals surface area contributed by atoms with Crippen molar-refractivity contribution >= 4 is 27.5 Å². The van der Waals surface area contributed by atoms with Gasteiger partial charge in [-0.1, -0.05) is 0 Å². The van der Waals surface area contributed by atoms with Gasteiger partial charge in [-0.15, -0.1) is 11.3 Å². The molecule has 0 N–H and O–H groups in total. The Hall–Kier alpha value is -2.45. The first-order chi connectivity index (χ1) is 13.5. The van der Waals surface area contributed by atoms with Crippen LogP contribution in [0.2, 0.25) is 0 Å². The van der Waals surface area contributed by atoms with Gasteiger partial charge in [-0.3, -0.25) is 9.69 Å². The van der Waals surface area contributed by atoms with Crippen LogP contribution in [-0.2, 0) is 6.61 Å². The molecule has 0 unspecified atom stereocenters. The maximum atomic E-state index is 12.6. The Balaban J connectivity index is 1.35. The molecule has 1 amide bonds. The van der Waals surface area contributed by atoms with Gasteiger partial charge in [0.15, 0.2) is 12.3 Å². The number of ether oxygens (including phenoxy) is 1. The normalized spacial score (nSPS) is 15.5. The van der Waals surface area contributed by atoms with Crippen molar-refractivity contribution in [2.45, 2.75) is 33.4 Å². The van der Waals surface area contributed by atoms with Gasteiger partial charge in [0.1, 0.15) is 12.0 Å². The molecule has 2 aromatic heterocycles. The summed E-state index contributed by atoms with van der Waals surface area (Å²) in [5.74, 6) is 1.00. The number of nitrogens with zero attached hydrogens (tertiary/aromatic N) is 4. The molecule has 0 bridgehead atoms. The van der Waals surface area contributed by atoms with Crippen molar-refractivity contribution in [2.75, 3.05) is 26.2 Å². The second-order valence-electron chi connectivity index (χ2n) is 7.20. The summed E-state index contributed by atoms with van der Waals surface area (Å²) in [6.45, 7) is 9.70. The Morgan fingerprint density at radius 3 is 2.79 bits per heavy atom. The van der Waals surface area contributed by atoms with Crippen LogP contribution in [0.3, 0.4) is 0 Å². The molecule has 1 fully saturated rings. The SMILES string of the molecule is Cc1nc2cc(OCc3nc(C(=O)N4CCN(C(C)C)CC4)co3)ccc2s1. The fourth-order valence-corrected chi connectivity index (χ4v) is 4.14. The third kappa shape index (κ3) is 4.02. The minimum absolute atomic E-state index is 0.0854. The van der Waals surface area contributed by atoms with Gasteiger partial charge in [0, 0.05) is 38.3 Å². The van der Waals surface area contributed by atoms with Crippen LogP contribution in [0.5, 0.6) is 5.75 Å². The van der Waals surface area contributed by atoms with Gasteiger partial charge in [-0.25, -0.2) is 9.97 Å². The Morgan fingerprint density at radius 2 is 2.04 bits per heavy atom. The predicted molar refractivity (Wildman–Crippen MR) is 108 cm³/mol. The molecule has 3 aromatic rings. The van der Waals surface area contributed by atoms with Gasteiger partial charge >= 0.3 is 0 Å². The molecule has 148 valence electrons. The smallest absolute Gasteiger partial charge is 0.275 e. The van der Waals surface area contributed by atoms with Crippen LogP contribution in [-0.4, -0.2) is 57.9 Å². The predicted octanol–water partition coefficient (Wildman–Crippen LogP) is 3.34. The summed E-state index contributed by atoms with van der Waals surface area (Å²) in [6.07, 6.45) is 1.42. The number of benzene rings is 1. The van der Waals surface area contributed by atoms with Crippen LogP contribution in [0.25, 0.3) is 10.2 Å². The number of aryl methyl sites for hydroxylation is 1. The lowest BCUT2D eigenvalue weighted by Gasteiger charge is -2.36. The van der Waals surface area contributed by atoms with Crippen molar-refractivity contribution in [3.63, 3.8) is 0 Å². The molecule has 0 saturated carbocycles. The van der Waals surface area contributed by atoms with E-state index in [1.54, 1.807) is 11.3 Å². The first kappa shape index (κ1) is 18.9. The first-order valence-corrected chi connectivity index (χ1v) is 10.3. The number of amides is 1. The van der Waals surface area contributed by atoms with Crippen molar-refractivity contribution in [2.24, 2.45) is 0 Å². The summed E-state index contributed by atoms with van der Waals surface area (Å²) >= 11 is 1.65. The molecule has 0 radical (unpaired) electrons. The molecule has 3 heterocycles. The number of carbonyl (C=O) groups excluding carboxylic acids is 1. The number of hydrogen-bond donors (Lipinski definition) is 0. The molecule has 0 spiro atoms. The molecule has 0 atom stereocenters. The minimum Gasteiger partial charge on any atom is -0.484 e. The van der Waals surface area contributed by atoms with E-state index in [9.17, 15) is 4.79 Å². The van der Waals surface area contributed by atoms with E-state index in [2.05, 4.69) is 28.7 Å². The summed E-state index contributed by atoms with van der Waals surface area (Å²) in [5, 5.41) is 1.03. The highest BCUT2D eigenvalue weighted by molar-refractivity contribution is 7.18. The van der Waals surface area contributed by atoms with Crippen molar-refractivity contribution in [1.82, 2.24) is 19.8 Å². The summed E-state index contributed by atoms with van der Waals surface area (Å²) in [5.41, 5.74) is 1.26. The van der Waals surface area contributed by atoms with E-state index in [4.69, 9.17) is 9.15 Å². The van der Waals surface area contributed by atoms with Crippen LogP contribution >= 0.6 is 11.3 Å². The quantitative estimate of drug-likeness (QED) is 0.654. The van der Waals surface area contributed by atoms with Gasteiger partial charge < -0.3 is 14.1 Å². The van der Waals surface area contributed by atoms with Crippen molar-refractivity contribution < 1.29 is 13.9 Å². The van der Waals surface area contributed by atoms with Crippen molar-refractivity contribution in [3.05, 3.63) is 41.1 Å². The minimum atomic E-state index is -0.0854. The lowest BCUT2D eigenvalue weighted by Crippen LogP contribution is -2.50. The van der Waals surface area contributed by atoms with Gasteiger partial charge in [0.2, 0.25) is 5.89 Å². The maximum absolute atomic E-state index is 12.6. The van der Waals surface area contributed by atoms with Crippen LogP contribution in [0.15, 0.2) is 28.9 Å². The van der Waals surface area contributed by atoms with Crippen molar-refractivity contribution in [1.29, 1.82) is 0 Å². The standard InChI is InChI=1S/C20H24N4O3S/c1-13(2)23-6-8-24(9-7-23)20(25)17-11-27-19(22-17)12-26-15-4-5-18-16(10-15)21-14(3)28-18/h4-5,10-11,13H,6-9,12H2,1-3H3. The molecule has 1 aliphatic heterocycles. The van der Waals surface area contributed by atoms with E-state index >= 15 is 0 Å². The molecule has 0 aliphatic carbocycles. The highest BCUT2D eigenvalue weighted by atomic mass is 32.1. The van der Waals surface area contributed by atoms with E-state index in [1.165, 1.54) is 6.26 Å². The van der Waals surface area contributed by atoms with Crippen LogP contribution in [0.4, 0.5) is 0 Å². The number of carbonyl (C=O) groups is 1. The fraction of sp³-hybridized carbons (Fsp3) is 0.450. The molecule has 8 heteroatoms.